The molecule has 2 aliphatic rings. The number of fused-ring (bicyclic) bond motifs is 1. The van der Waals surface area contributed by atoms with Crippen LogP contribution in [-0.2, 0) is 13.1 Å². The normalized spacial score (nSPS) is 23.2. The van der Waals surface area contributed by atoms with Crippen molar-refractivity contribution in [2.75, 3.05) is 26.2 Å². The highest BCUT2D eigenvalue weighted by Crippen LogP contribution is 2.28. The fourth-order valence-corrected chi connectivity index (χ4v) is 5.53. The smallest absolute Gasteiger partial charge is 0.129 e. The van der Waals surface area contributed by atoms with Crippen LogP contribution in [0.25, 0.3) is 10.9 Å². The van der Waals surface area contributed by atoms with Gasteiger partial charge in [-0.3, -0.25) is 14.8 Å². The van der Waals surface area contributed by atoms with Gasteiger partial charge < -0.3 is 9.84 Å². The third kappa shape index (κ3) is 4.52. The second-order valence-electron chi connectivity index (χ2n) is 8.48. The molecule has 1 aromatic carbocycles. The first-order valence-corrected chi connectivity index (χ1v) is 11.8. The van der Waals surface area contributed by atoms with Gasteiger partial charge in [0.2, 0.25) is 0 Å². The van der Waals surface area contributed by atoms with Crippen LogP contribution in [0.1, 0.15) is 29.7 Å². The average Bonchev–Trinajstić information content (AvgIpc) is 3.43. The molecule has 0 bridgehead atoms. The Morgan fingerprint density at radius 2 is 1.97 bits per heavy atom. The number of piperidine rings is 1. The van der Waals surface area contributed by atoms with E-state index in [0.29, 0.717) is 6.54 Å². The molecule has 2 atom stereocenters. The molecule has 4 heterocycles. The number of aliphatic hydroxyl groups excluding tert-OH is 1. The van der Waals surface area contributed by atoms with Gasteiger partial charge in [-0.25, -0.2) is 0 Å². The summed E-state index contributed by atoms with van der Waals surface area (Å²) >= 11 is 1.84. The molecule has 5 rings (SSSR count). The van der Waals surface area contributed by atoms with Crippen LogP contribution in [0.2, 0.25) is 0 Å². The summed E-state index contributed by atoms with van der Waals surface area (Å²) in [5, 5.41) is 14.1. The molecule has 158 valence electrons. The lowest BCUT2D eigenvalue weighted by atomic mass is 10.0. The Kier molecular flexibility index (Phi) is 6.00. The van der Waals surface area contributed by atoms with E-state index in [9.17, 15) is 5.11 Å². The summed E-state index contributed by atoms with van der Waals surface area (Å²) in [6, 6.07) is 12.2. The number of rotatable bonds is 6. The lowest BCUT2D eigenvalue weighted by molar-refractivity contribution is -0.0266. The van der Waals surface area contributed by atoms with E-state index in [2.05, 4.69) is 26.2 Å². The molecule has 2 aromatic heterocycles. The van der Waals surface area contributed by atoms with Crippen molar-refractivity contribution in [3.05, 3.63) is 58.4 Å². The monoisotopic (exact) mass is 423 g/mol. The Morgan fingerprint density at radius 3 is 2.83 bits per heavy atom. The maximum absolute atomic E-state index is 10.8. The van der Waals surface area contributed by atoms with E-state index in [4.69, 9.17) is 4.74 Å². The summed E-state index contributed by atoms with van der Waals surface area (Å²) in [6.45, 7) is 6.04. The van der Waals surface area contributed by atoms with Gasteiger partial charge in [-0.1, -0.05) is 6.07 Å². The number of nitrogens with zero attached hydrogens (tertiary/aromatic N) is 3. The van der Waals surface area contributed by atoms with Crippen molar-refractivity contribution in [3.8, 4) is 5.75 Å². The highest BCUT2D eigenvalue weighted by Gasteiger charge is 2.30. The van der Waals surface area contributed by atoms with Crippen molar-refractivity contribution < 1.29 is 9.84 Å². The molecule has 0 unspecified atom stereocenters. The molecule has 0 spiro atoms. The molecule has 30 heavy (non-hydrogen) atoms. The second kappa shape index (κ2) is 9.02. The predicted octanol–water partition coefficient (Wildman–Crippen LogP) is 3.91. The molecule has 0 radical (unpaired) electrons. The Balaban J connectivity index is 1.17. The van der Waals surface area contributed by atoms with Crippen molar-refractivity contribution in [1.29, 1.82) is 0 Å². The van der Waals surface area contributed by atoms with Crippen LogP contribution >= 0.6 is 11.3 Å². The van der Waals surface area contributed by atoms with Gasteiger partial charge in [0, 0.05) is 42.6 Å². The zero-order chi connectivity index (χ0) is 20.3. The summed E-state index contributed by atoms with van der Waals surface area (Å²) in [5.74, 6) is 0.808. The third-order valence-corrected chi connectivity index (χ3v) is 7.15. The van der Waals surface area contributed by atoms with E-state index < -0.39 is 6.10 Å². The SMILES string of the molecule is O[C@@H]1CN(Cc2cc(CN3CCCC3)cs2)CC[C@H]1Oc1cccc2ncccc12. The maximum atomic E-state index is 10.8. The summed E-state index contributed by atoms with van der Waals surface area (Å²) in [7, 11) is 0. The molecule has 6 heteroatoms. The number of aromatic nitrogens is 1. The number of aliphatic hydroxyl groups is 1. The summed E-state index contributed by atoms with van der Waals surface area (Å²) in [6.07, 6.45) is 4.61. The van der Waals surface area contributed by atoms with E-state index in [1.54, 1.807) is 6.20 Å². The van der Waals surface area contributed by atoms with E-state index in [1.807, 2.05) is 41.7 Å². The van der Waals surface area contributed by atoms with Gasteiger partial charge in [-0.15, -0.1) is 11.3 Å². The molecule has 2 saturated heterocycles. The molecule has 3 aromatic rings. The van der Waals surface area contributed by atoms with Gasteiger partial charge in [0.15, 0.2) is 0 Å². The standard InChI is InChI=1S/C24H29N3O2S/c28-22-16-27(15-19-13-18(17-30-19)14-26-10-1-2-11-26)12-8-24(22)29-23-7-3-6-21-20(23)5-4-9-25-21/h3-7,9,13,17,22,24,28H,1-2,8,10-12,14-16H2/t22-,24-/m1/s1. The van der Waals surface area contributed by atoms with E-state index in [-0.39, 0.29) is 6.10 Å². The predicted molar refractivity (Wildman–Crippen MR) is 121 cm³/mol. The topological polar surface area (TPSA) is 48.8 Å². The molecule has 2 fully saturated rings. The number of hydrogen-bond donors (Lipinski definition) is 1. The van der Waals surface area contributed by atoms with Crippen LogP contribution in [0.15, 0.2) is 48.0 Å². The average molecular weight is 424 g/mol. The minimum atomic E-state index is -0.491. The quantitative estimate of drug-likeness (QED) is 0.652. The van der Waals surface area contributed by atoms with Crippen LogP contribution in [-0.4, -0.2) is 58.3 Å². The van der Waals surface area contributed by atoms with Gasteiger partial charge in [-0.05, 0) is 73.6 Å². The lowest BCUT2D eigenvalue weighted by Gasteiger charge is -2.35. The number of thiophene rings is 1. The van der Waals surface area contributed by atoms with Crippen molar-refractivity contribution >= 4 is 22.2 Å². The minimum absolute atomic E-state index is 0.180. The minimum Gasteiger partial charge on any atom is -0.487 e. The number of β-amino-alcohol motifs (C(OH)–C–C–N with tert-alkyl or cyclic N) is 1. The summed E-state index contributed by atoms with van der Waals surface area (Å²) in [4.78, 5) is 10.7. The zero-order valence-corrected chi connectivity index (χ0v) is 18.1. The molecular weight excluding hydrogens is 394 g/mol. The van der Waals surface area contributed by atoms with Gasteiger partial charge in [0.05, 0.1) is 5.52 Å². The molecule has 0 aliphatic carbocycles. The molecular formula is C24H29N3O2S. The van der Waals surface area contributed by atoms with Crippen LogP contribution in [0.3, 0.4) is 0 Å². The van der Waals surface area contributed by atoms with Gasteiger partial charge in [0.1, 0.15) is 18.0 Å². The molecule has 0 amide bonds. The number of benzene rings is 1. The largest absolute Gasteiger partial charge is 0.487 e. The van der Waals surface area contributed by atoms with Crippen molar-refractivity contribution in [3.63, 3.8) is 0 Å². The number of ether oxygens (including phenoxy) is 1. The van der Waals surface area contributed by atoms with E-state index in [1.165, 1.54) is 36.4 Å². The van der Waals surface area contributed by atoms with Gasteiger partial charge in [0.25, 0.3) is 0 Å². The molecule has 5 nitrogen and oxygen atoms in total. The Bertz CT molecular complexity index is 980. The van der Waals surface area contributed by atoms with Crippen molar-refractivity contribution in [2.24, 2.45) is 0 Å². The molecule has 2 aliphatic heterocycles. The first-order chi connectivity index (χ1) is 14.7. The highest BCUT2D eigenvalue weighted by atomic mass is 32.1. The Labute approximate surface area is 181 Å². The summed E-state index contributed by atoms with van der Waals surface area (Å²) < 4.78 is 6.24. The van der Waals surface area contributed by atoms with Gasteiger partial charge in [-0.2, -0.15) is 0 Å². The Morgan fingerprint density at radius 1 is 1.07 bits per heavy atom. The van der Waals surface area contributed by atoms with Crippen LogP contribution in [0.5, 0.6) is 5.75 Å². The first-order valence-electron chi connectivity index (χ1n) is 10.9. The third-order valence-electron chi connectivity index (χ3n) is 6.18. The van der Waals surface area contributed by atoms with Gasteiger partial charge >= 0.3 is 0 Å². The lowest BCUT2D eigenvalue weighted by Crippen LogP contribution is -2.48. The number of pyridine rings is 1. The fraction of sp³-hybridized carbons (Fsp3) is 0.458. The molecule has 1 N–H and O–H groups in total. The zero-order valence-electron chi connectivity index (χ0n) is 17.2. The van der Waals surface area contributed by atoms with Crippen LogP contribution in [0.4, 0.5) is 0 Å². The van der Waals surface area contributed by atoms with Crippen LogP contribution in [0, 0.1) is 0 Å². The van der Waals surface area contributed by atoms with Crippen LogP contribution < -0.4 is 4.74 Å². The summed E-state index contributed by atoms with van der Waals surface area (Å²) in [5.41, 5.74) is 2.35. The molecule has 0 saturated carbocycles. The fourth-order valence-electron chi connectivity index (χ4n) is 4.61. The second-order valence-corrected chi connectivity index (χ2v) is 9.47. The van der Waals surface area contributed by atoms with E-state index in [0.717, 1.165) is 42.7 Å². The van der Waals surface area contributed by atoms with E-state index >= 15 is 0 Å². The van der Waals surface area contributed by atoms with Crippen molar-refractivity contribution in [1.82, 2.24) is 14.8 Å². The van der Waals surface area contributed by atoms with Crippen molar-refractivity contribution in [2.45, 2.75) is 44.6 Å². The highest BCUT2D eigenvalue weighted by molar-refractivity contribution is 7.10. The first kappa shape index (κ1) is 19.9. The number of likely N-dealkylation sites (tertiary alicyclic amines) is 2. The number of hydrogen-bond acceptors (Lipinski definition) is 6. The maximum Gasteiger partial charge on any atom is 0.129 e. The Hall–Kier alpha value is -1.99.